The highest BCUT2D eigenvalue weighted by Crippen LogP contribution is 2.37. The first-order valence-corrected chi connectivity index (χ1v) is 5.24. The Labute approximate surface area is 75.2 Å². The second-order valence-corrected chi connectivity index (χ2v) is 4.26. The van der Waals surface area contributed by atoms with E-state index in [4.69, 9.17) is 0 Å². The first-order chi connectivity index (χ1) is 5.90. The van der Waals surface area contributed by atoms with Crippen LogP contribution in [-0.4, -0.2) is 12.6 Å². The van der Waals surface area contributed by atoms with Crippen LogP contribution < -0.4 is 5.32 Å². The lowest BCUT2D eigenvalue weighted by Gasteiger charge is -2.29. The van der Waals surface area contributed by atoms with Crippen LogP contribution in [0, 0.1) is 11.8 Å². The molecule has 0 amide bonds. The van der Waals surface area contributed by atoms with Gasteiger partial charge in [0.15, 0.2) is 0 Å². The molecule has 2 fully saturated rings. The molecule has 1 aliphatic heterocycles. The van der Waals surface area contributed by atoms with Crippen LogP contribution in [0.3, 0.4) is 0 Å². The zero-order chi connectivity index (χ0) is 8.39. The fraction of sp³-hybridized carbons (Fsp3) is 0.818. The SMILES string of the molecule is C/C=C\C[C@H]1NC[C@H]2CC[C@@H]1C2. The van der Waals surface area contributed by atoms with Gasteiger partial charge in [0.05, 0.1) is 0 Å². The number of piperidine rings is 1. The van der Waals surface area contributed by atoms with Crippen LogP contribution >= 0.6 is 0 Å². The summed E-state index contributed by atoms with van der Waals surface area (Å²) < 4.78 is 0. The topological polar surface area (TPSA) is 12.0 Å². The second kappa shape index (κ2) is 3.61. The van der Waals surface area contributed by atoms with Crippen molar-refractivity contribution < 1.29 is 0 Å². The minimum atomic E-state index is 0.792. The molecule has 0 spiro atoms. The maximum atomic E-state index is 3.66. The molecule has 0 aromatic carbocycles. The Kier molecular flexibility index (Phi) is 2.50. The molecule has 3 atom stereocenters. The van der Waals surface area contributed by atoms with Crippen LogP contribution in [-0.2, 0) is 0 Å². The fourth-order valence-corrected chi connectivity index (χ4v) is 2.71. The maximum absolute atomic E-state index is 3.66. The number of rotatable bonds is 2. The van der Waals surface area contributed by atoms with E-state index in [0.717, 1.165) is 17.9 Å². The highest BCUT2D eigenvalue weighted by molar-refractivity contribution is 4.95. The first-order valence-electron chi connectivity index (χ1n) is 5.24. The van der Waals surface area contributed by atoms with Crippen LogP contribution in [0.2, 0.25) is 0 Å². The molecular formula is C11H19N. The molecule has 2 aliphatic rings. The Morgan fingerprint density at radius 1 is 1.42 bits per heavy atom. The average molecular weight is 165 g/mol. The van der Waals surface area contributed by atoms with Crippen LogP contribution in [0.5, 0.6) is 0 Å². The molecule has 1 heterocycles. The van der Waals surface area contributed by atoms with E-state index in [0.29, 0.717) is 0 Å². The molecule has 0 aromatic rings. The van der Waals surface area contributed by atoms with Gasteiger partial charge in [0.2, 0.25) is 0 Å². The summed E-state index contributed by atoms with van der Waals surface area (Å²) in [6.07, 6.45) is 10.2. The minimum Gasteiger partial charge on any atom is -0.313 e. The predicted molar refractivity (Wildman–Crippen MR) is 52.1 cm³/mol. The van der Waals surface area contributed by atoms with Gasteiger partial charge in [-0.2, -0.15) is 0 Å². The Hall–Kier alpha value is -0.300. The summed E-state index contributed by atoms with van der Waals surface area (Å²) in [5.41, 5.74) is 0. The lowest BCUT2D eigenvalue weighted by atomic mass is 9.90. The highest BCUT2D eigenvalue weighted by atomic mass is 14.9. The highest BCUT2D eigenvalue weighted by Gasteiger charge is 2.34. The molecule has 1 heteroatoms. The third kappa shape index (κ3) is 1.56. The number of fused-ring (bicyclic) bond motifs is 2. The van der Waals surface area contributed by atoms with Gasteiger partial charge in [0.1, 0.15) is 0 Å². The summed E-state index contributed by atoms with van der Waals surface area (Å²) in [6.45, 7) is 3.39. The lowest BCUT2D eigenvalue weighted by Crippen LogP contribution is -2.40. The molecular weight excluding hydrogens is 146 g/mol. The van der Waals surface area contributed by atoms with Crippen molar-refractivity contribution in [2.45, 2.75) is 38.6 Å². The summed E-state index contributed by atoms with van der Waals surface area (Å²) in [4.78, 5) is 0. The molecule has 1 saturated carbocycles. The van der Waals surface area contributed by atoms with Crippen molar-refractivity contribution >= 4 is 0 Å². The number of allylic oxidation sites excluding steroid dienone is 1. The quantitative estimate of drug-likeness (QED) is 0.619. The Morgan fingerprint density at radius 3 is 3.17 bits per heavy atom. The van der Waals surface area contributed by atoms with Gasteiger partial charge in [-0.05, 0) is 51.0 Å². The van der Waals surface area contributed by atoms with Crippen molar-refractivity contribution in [3.8, 4) is 0 Å². The summed E-state index contributed by atoms with van der Waals surface area (Å²) in [5.74, 6) is 2.00. The summed E-state index contributed by atoms with van der Waals surface area (Å²) in [6, 6.07) is 0.792. The van der Waals surface area contributed by atoms with Gasteiger partial charge in [-0.25, -0.2) is 0 Å². The number of hydrogen-bond donors (Lipinski definition) is 1. The number of nitrogens with one attached hydrogen (secondary N) is 1. The Bertz CT molecular complexity index is 174. The van der Waals surface area contributed by atoms with Gasteiger partial charge in [-0.1, -0.05) is 12.2 Å². The summed E-state index contributed by atoms with van der Waals surface area (Å²) in [7, 11) is 0. The monoisotopic (exact) mass is 165 g/mol. The van der Waals surface area contributed by atoms with E-state index in [-0.39, 0.29) is 0 Å². The largest absolute Gasteiger partial charge is 0.313 e. The van der Waals surface area contributed by atoms with Gasteiger partial charge < -0.3 is 5.32 Å². The van der Waals surface area contributed by atoms with E-state index in [1.54, 1.807) is 0 Å². The zero-order valence-electron chi connectivity index (χ0n) is 7.92. The molecule has 0 aromatic heterocycles. The van der Waals surface area contributed by atoms with Crippen LogP contribution in [0.25, 0.3) is 0 Å². The van der Waals surface area contributed by atoms with Gasteiger partial charge >= 0.3 is 0 Å². The van der Waals surface area contributed by atoms with E-state index >= 15 is 0 Å². The molecule has 0 radical (unpaired) electrons. The minimum absolute atomic E-state index is 0.792. The molecule has 1 aliphatic carbocycles. The predicted octanol–water partition coefficient (Wildman–Crippen LogP) is 2.34. The van der Waals surface area contributed by atoms with Gasteiger partial charge in [-0.15, -0.1) is 0 Å². The van der Waals surface area contributed by atoms with E-state index in [2.05, 4.69) is 24.4 Å². The van der Waals surface area contributed by atoms with Crippen molar-refractivity contribution in [1.82, 2.24) is 5.32 Å². The van der Waals surface area contributed by atoms with Crippen LogP contribution in [0.1, 0.15) is 32.6 Å². The molecule has 0 unspecified atom stereocenters. The first kappa shape index (κ1) is 8.31. The van der Waals surface area contributed by atoms with Crippen LogP contribution in [0.15, 0.2) is 12.2 Å². The molecule has 68 valence electrons. The standard InChI is InChI=1S/C11H19N/c1-2-3-4-11-10-6-5-9(7-10)8-12-11/h2-3,9-12H,4-8H2,1H3/b3-2-/t9-,10+,11+/m0/s1. The number of hydrogen-bond acceptors (Lipinski definition) is 1. The van der Waals surface area contributed by atoms with Gasteiger partial charge in [0.25, 0.3) is 0 Å². The van der Waals surface area contributed by atoms with Crippen molar-refractivity contribution in [2.24, 2.45) is 11.8 Å². The maximum Gasteiger partial charge on any atom is 0.0130 e. The third-order valence-corrected chi connectivity index (χ3v) is 3.45. The zero-order valence-corrected chi connectivity index (χ0v) is 7.92. The van der Waals surface area contributed by atoms with Crippen molar-refractivity contribution in [1.29, 1.82) is 0 Å². The molecule has 12 heavy (non-hydrogen) atoms. The molecule has 2 rings (SSSR count). The molecule has 2 bridgehead atoms. The summed E-state index contributed by atoms with van der Waals surface area (Å²) in [5, 5.41) is 3.66. The fourth-order valence-electron chi connectivity index (χ4n) is 2.71. The normalized spacial score (nSPS) is 40.9. The summed E-state index contributed by atoms with van der Waals surface area (Å²) >= 11 is 0. The Morgan fingerprint density at radius 2 is 2.33 bits per heavy atom. The van der Waals surface area contributed by atoms with E-state index < -0.39 is 0 Å². The molecule has 1 saturated heterocycles. The van der Waals surface area contributed by atoms with Crippen molar-refractivity contribution in [2.75, 3.05) is 6.54 Å². The van der Waals surface area contributed by atoms with E-state index in [1.807, 2.05) is 0 Å². The van der Waals surface area contributed by atoms with Crippen molar-refractivity contribution in [3.63, 3.8) is 0 Å². The van der Waals surface area contributed by atoms with Crippen LogP contribution in [0.4, 0.5) is 0 Å². The van der Waals surface area contributed by atoms with E-state index in [9.17, 15) is 0 Å². The Balaban J connectivity index is 1.89. The van der Waals surface area contributed by atoms with E-state index in [1.165, 1.54) is 32.2 Å². The van der Waals surface area contributed by atoms with Gasteiger partial charge in [0, 0.05) is 6.04 Å². The molecule has 1 N–H and O–H groups in total. The lowest BCUT2D eigenvalue weighted by molar-refractivity contribution is 0.289. The average Bonchev–Trinajstić information content (AvgIpc) is 2.48. The molecule has 1 nitrogen and oxygen atoms in total. The van der Waals surface area contributed by atoms with Gasteiger partial charge in [-0.3, -0.25) is 0 Å². The third-order valence-electron chi connectivity index (χ3n) is 3.45. The second-order valence-electron chi connectivity index (χ2n) is 4.26. The smallest absolute Gasteiger partial charge is 0.0130 e. The van der Waals surface area contributed by atoms with Crippen molar-refractivity contribution in [3.05, 3.63) is 12.2 Å².